The van der Waals surface area contributed by atoms with E-state index in [0.717, 1.165) is 24.0 Å². The Bertz CT molecular complexity index is 1470. The fraction of sp³-hybridized carbons (Fsp3) is 0.435. The molecule has 3 aromatic heterocycles. The van der Waals surface area contributed by atoms with Gasteiger partial charge in [-0.15, -0.1) is 5.92 Å². The molecule has 0 amide bonds. The molecule has 12 heteroatoms. The Hall–Kier alpha value is -4.11. The van der Waals surface area contributed by atoms with Crippen molar-refractivity contribution in [3.8, 4) is 11.8 Å². The first-order valence-electron chi connectivity index (χ1n) is 11.3. The SMILES string of the molecule is CC#CCn1c(N2CCC[C@H](N)C2)nc2c1c(=O)n(Cc1nc(NC)ccc1C(=O)O)c(=O)n2C. The number of anilines is 2. The minimum absolute atomic E-state index is 0.0188. The Labute approximate surface area is 201 Å². The predicted molar refractivity (Wildman–Crippen MR) is 132 cm³/mol. The molecule has 4 rings (SSSR count). The van der Waals surface area contributed by atoms with Crippen molar-refractivity contribution in [1.29, 1.82) is 0 Å². The highest BCUT2D eigenvalue weighted by molar-refractivity contribution is 5.89. The molecule has 1 atom stereocenters. The summed E-state index contributed by atoms with van der Waals surface area (Å²) in [5.74, 6) is 5.58. The topological polar surface area (TPSA) is 153 Å². The van der Waals surface area contributed by atoms with Crippen LogP contribution in [0.15, 0.2) is 21.7 Å². The molecule has 184 valence electrons. The molecule has 0 bridgehead atoms. The first-order chi connectivity index (χ1) is 16.8. The van der Waals surface area contributed by atoms with E-state index in [1.54, 1.807) is 18.5 Å². The van der Waals surface area contributed by atoms with Gasteiger partial charge in [0.05, 0.1) is 24.3 Å². The summed E-state index contributed by atoms with van der Waals surface area (Å²) in [6.07, 6.45) is 1.79. The minimum atomic E-state index is -1.20. The zero-order valence-electron chi connectivity index (χ0n) is 19.9. The van der Waals surface area contributed by atoms with Crippen LogP contribution in [0.4, 0.5) is 11.8 Å². The Morgan fingerprint density at radius 3 is 2.71 bits per heavy atom. The van der Waals surface area contributed by atoms with Gasteiger partial charge in [-0.05, 0) is 31.9 Å². The van der Waals surface area contributed by atoms with Gasteiger partial charge in [-0.2, -0.15) is 4.98 Å². The summed E-state index contributed by atoms with van der Waals surface area (Å²) in [6, 6.07) is 2.89. The van der Waals surface area contributed by atoms with Crippen LogP contribution in [0.2, 0.25) is 0 Å². The van der Waals surface area contributed by atoms with Crippen molar-refractivity contribution in [2.24, 2.45) is 12.8 Å². The number of imidazole rings is 1. The lowest BCUT2D eigenvalue weighted by molar-refractivity contribution is 0.0695. The number of aromatic nitrogens is 5. The molecule has 4 N–H and O–H groups in total. The summed E-state index contributed by atoms with van der Waals surface area (Å²) in [6.45, 7) is 2.90. The molecule has 12 nitrogen and oxygen atoms in total. The lowest BCUT2D eigenvalue weighted by Crippen LogP contribution is -2.44. The Balaban J connectivity index is 1.94. The Kier molecular flexibility index (Phi) is 6.61. The highest BCUT2D eigenvalue weighted by Gasteiger charge is 2.26. The summed E-state index contributed by atoms with van der Waals surface area (Å²) in [5.41, 5.74) is 5.41. The largest absolute Gasteiger partial charge is 0.478 e. The molecule has 1 aliphatic rings. The lowest BCUT2D eigenvalue weighted by Gasteiger charge is -2.31. The summed E-state index contributed by atoms with van der Waals surface area (Å²) in [5, 5.41) is 12.5. The van der Waals surface area contributed by atoms with Crippen LogP contribution >= 0.6 is 0 Å². The molecule has 3 aromatic rings. The van der Waals surface area contributed by atoms with E-state index in [1.807, 2.05) is 4.90 Å². The van der Waals surface area contributed by atoms with Crippen LogP contribution in [0.5, 0.6) is 0 Å². The van der Waals surface area contributed by atoms with Gasteiger partial charge in [-0.25, -0.2) is 14.6 Å². The number of nitrogens with two attached hydrogens (primary N) is 1. The predicted octanol–water partition coefficient (Wildman–Crippen LogP) is 0.0307. The zero-order chi connectivity index (χ0) is 25.3. The van der Waals surface area contributed by atoms with Crippen molar-refractivity contribution in [3.63, 3.8) is 0 Å². The Morgan fingerprint density at radius 1 is 1.29 bits per heavy atom. The second-order valence-electron chi connectivity index (χ2n) is 8.42. The lowest BCUT2D eigenvalue weighted by atomic mass is 10.1. The number of carboxylic acid groups (broad SMARTS) is 1. The van der Waals surface area contributed by atoms with Crippen LogP contribution in [0.3, 0.4) is 0 Å². The van der Waals surface area contributed by atoms with E-state index < -0.39 is 17.2 Å². The molecule has 4 heterocycles. The van der Waals surface area contributed by atoms with Gasteiger partial charge in [-0.3, -0.25) is 18.5 Å². The highest BCUT2D eigenvalue weighted by Crippen LogP contribution is 2.23. The smallest absolute Gasteiger partial charge is 0.337 e. The first kappa shape index (κ1) is 24.0. The number of nitrogens with zero attached hydrogens (tertiary/aromatic N) is 6. The maximum absolute atomic E-state index is 13.7. The van der Waals surface area contributed by atoms with E-state index in [-0.39, 0.29) is 41.6 Å². The number of rotatable bonds is 6. The number of aromatic carboxylic acids is 1. The van der Waals surface area contributed by atoms with Crippen molar-refractivity contribution < 1.29 is 9.90 Å². The third-order valence-electron chi connectivity index (χ3n) is 6.14. The normalized spacial score (nSPS) is 15.7. The number of piperidine rings is 1. The summed E-state index contributed by atoms with van der Waals surface area (Å²) < 4.78 is 3.99. The number of fused-ring (bicyclic) bond motifs is 1. The highest BCUT2D eigenvalue weighted by atomic mass is 16.4. The van der Waals surface area contributed by atoms with Crippen molar-refractivity contribution in [1.82, 2.24) is 23.7 Å². The molecule has 0 aliphatic carbocycles. The molecular weight excluding hydrogens is 452 g/mol. The molecule has 0 saturated carbocycles. The number of aryl methyl sites for hydroxylation is 1. The van der Waals surface area contributed by atoms with Gasteiger partial charge in [0.15, 0.2) is 11.2 Å². The second kappa shape index (κ2) is 9.63. The van der Waals surface area contributed by atoms with E-state index >= 15 is 0 Å². The van der Waals surface area contributed by atoms with Crippen molar-refractivity contribution in [3.05, 3.63) is 44.2 Å². The molecule has 35 heavy (non-hydrogen) atoms. The van der Waals surface area contributed by atoms with Crippen LogP contribution in [-0.2, 0) is 20.1 Å². The summed E-state index contributed by atoms with van der Waals surface area (Å²) >= 11 is 0. The van der Waals surface area contributed by atoms with Gasteiger partial charge >= 0.3 is 11.7 Å². The molecule has 1 saturated heterocycles. The maximum atomic E-state index is 13.7. The number of nitrogens with one attached hydrogen (secondary N) is 1. The molecule has 0 radical (unpaired) electrons. The first-order valence-corrected chi connectivity index (χ1v) is 11.3. The average Bonchev–Trinajstić information content (AvgIpc) is 3.23. The second-order valence-corrected chi connectivity index (χ2v) is 8.42. The van der Waals surface area contributed by atoms with E-state index in [4.69, 9.17) is 5.73 Å². The van der Waals surface area contributed by atoms with Crippen LogP contribution < -0.4 is 27.2 Å². The van der Waals surface area contributed by atoms with Gasteiger partial charge in [0.25, 0.3) is 5.56 Å². The Morgan fingerprint density at radius 2 is 2.06 bits per heavy atom. The van der Waals surface area contributed by atoms with Crippen LogP contribution in [-0.4, -0.2) is 60.9 Å². The van der Waals surface area contributed by atoms with Crippen LogP contribution in [0, 0.1) is 11.8 Å². The number of pyridine rings is 1. The third kappa shape index (κ3) is 4.38. The fourth-order valence-corrected chi connectivity index (χ4v) is 4.35. The quantitative estimate of drug-likeness (QED) is 0.415. The fourth-order valence-electron chi connectivity index (χ4n) is 4.35. The zero-order valence-corrected chi connectivity index (χ0v) is 19.9. The summed E-state index contributed by atoms with van der Waals surface area (Å²) in [7, 11) is 3.18. The van der Waals surface area contributed by atoms with Gasteiger partial charge in [0, 0.05) is 33.2 Å². The molecular formula is C23H28N8O4. The van der Waals surface area contributed by atoms with Crippen molar-refractivity contribution in [2.45, 2.75) is 38.9 Å². The number of carbonyl (C=O) groups is 1. The van der Waals surface area contributed by atoms with Crippen LogP contribution in [0.1, 0.15) is 35.8 Å². The van der Waals surface area contributed by atoms with Crippen molar-refractivity contribution >= 4 is 28.9 Å². The van der Waals surface area contributed by atoms with Gasteiger partial charge in [-0.1, -0.05) is 5.92 Å². The van der Waals surface area contributed by atoms with Crippen molar-refractivity contribution in [2.75, 3.05) is 30.4 Å². The molecule has 0 unspecified atom stereocenters. The monoisotopic (exact) mass is 480 g/mol. The summed E-state index contributed by atoms with van der Waals surface area (Å²) in [4.78, 5) is 49.7. The van der Waals surface area contributed by atoms with E-state index in [0.29, 0.717) is 18.3 Å². The van der Waals surface area contributed by atoms with Gasteiger partial charge < -0.3 is 21.1 Å². The van der Waals surface area contributed by atoms with Gasteiger partial charge in [0.1, 0.15) is 5.82 Å². The van der Waals surface area contributed by atoms with Gasteiger partial charge in [0.2, 0.25) is 5.95 Å². The van der Waals surface area contributed by atoms with E-state index in [1.165, 1.54) is 23.7 Å². The standard InChI is InChI=1S/C23H28N8O4/c1-4-5-11-30-18-19(27-22(30)29-10-6-7-14(24)12-29)28(3)23(35)31(20(18)32)13-16-15(21(33)34)8-9-17(25-2)26-16/h8-9,14H,6-7,10-13,24H2,1-3H3,(H,25,26)(H,33,34)/t14-/m0/s1. The molecule has 1 aliphatic heterocycles. The van der Waals surface area contributed by atoms with E-state index in [2.05, 4.69) is 27.1 Å². The number of hydrogen-bond acceptors (Lipinski definition) is 8. The molecule has 1 fully saturated rings. The average molecular weight is 481 g/mol. The third-order valence-corrected chi connectivity index (χ3v) is 6.14. The minimum Gasteiger partial charge on any atom is -0.478 e. The number of hydrogen-bond donors (Lipinski definition) is 3. The van der Waals surface area contributed by atoms with E-state index in [9.17, 15) is 19.5 Å². The maximum Gasteiger partial charge on any atom is 0.337 e. The van der Waals surface area contributed by atoms with Crippen LogP contribution in [0.25, 0.3) is 11.2 Å². The number of carboxylic acids is 1. The molecule has 0 spiro atoms. The molecule has 0 aromatic carbocycles.